The molecule has 0 saturated carbocycles. The van der Waals surface area contributed by atoms with Crippen molar-refractivity contribution in [2.24, 2.45) is 5.92 Å². The molecule has 0 aliphatic carbocycles. The van der Waals surface area contributed by atoms with Gasteiger partial charge in [-0.2, -0.15) is 0 Å². The maximum absolute atomic E-state index is 4.30. The lowest BCUT2D eigenvalue weighted by Crippen LogP contribution is -2.45. The van der Waals surface area contributed by atoms with E-state index in [2.05, 4.69) is 71.3 Å². The van der Waals surface area contributed by atoms with Crippen molar-refractivity contribution >= 4 is 15.9 Å². The highest BCUT2D eigenvalue weighted by molar-refractivity contribution is 9.10. The average Bonchev–Trinajstić information content (AvgIpc) is 2.42. The van der Waals surface area contributed by atoms with Gasteiger partial charge in [0.1, 0.15) is 0 Å². The van der Waals surface area contributed by atoms with Gasteiger partial charge >= 0.3 is 0 Å². The first-order chi connectivity index (χ1) is 9.99. The molecule has 21 heavy (non-hydrogen) atoms. The van der Waals surface area contributed by atoms with Gasteiger partial charge in [-0.3, -0.25) is 4.90 Å². The number of piperazine rings is 1. The van der Waals surface area contributed by atoms with Crippen LogP contribution < -0.4 is 0 Å². The summed E-state index contributed by atoms with van der Waals surface area (Å²) in [7, 11) is 0. The summed E-state index contributed by atoms with van der Waals surface area (Å²) in [6.45, 7) is 16.5. The van der Waals surface area contributed by atoms with Gasteiger partial charge in [0.25, 0.3) is 0 Å². The maximum Gasteiger partial charge on any atom is 0.0430 e. The topological polar surface area (TPSA) is 6.48 Å². The van der Waals surface area contributed by atoms with Crippen LogP contribution in [0.25, 0.3) is 0 Å². The minimum Gasteiger partial charge on any atom is -0.369 e. The molecule has 1 aliphatic heterocycles. The number of aryl methyl sites for hydroxylation is 1. The Morgan fingerprint density at radius 3 is 2.62 bits per heavy atom. The smallest absolute Gasteiger partial charge is 0.0430 e. The molecule has 1 aliphatic rings. The first-order valence-corrected chi connectivity index (χ1v) is 8.71. The molecule has 0 amide bonds. The monoisotopic (exact) mass is 350 g/mol. The molecule has 2 rings (SSSR count). The molecule has 0 bridgehead atoms. The minimum absolute atomic E-state index is 0.725. The zero-order valence-corrected chi connectivity index (χ0v) is 15.1. The molecular formula is C18H27BrN2. The quantitative estimate of drug-likeness (QED) is 0.780. The van der Waals surface area contributed by atoms with Crippen molar-refractivity contribution in [3.63, 3.8) is 0 Å². The second-order valence-electron chi connectivity index (χ2n) is 6.38. The Kier molecular flexibility index (Phi) is 5.88. The van der Waals surface area contributed by atoms with E-state index in [4.69, 9.17) is 0 Å². The average molecular weight is 351 g/mol. The van der Waals surface area contributed by atoms with E-state index in [1.807, 2.05) is 0 Å². The summed E-state index contributed by atoms with van der Waals surface area (Å²) in [4.78, 5) is 4.96. The van der Waals surface area contributed by atoms with Crippen LogP contribution in [-0.2, 0) is 13.0 Å². The van der Waals surface area contributed by atoms with Crippen molar-refractivity contribution in [1.82, 2.24) is 9.80 Å². The fourth-order valence-corrected chi connectivity index (χ4v) is 3.41. The number of halogens is 1. The number of nitrogens with zero attached hydrogens (tertiary/aromatic N) is 2. The predicted molar refractivity (Wildman–Crippen MR) is 94.3 cm³/mol. The summed E-state index contributed by atoms with van der Waals surface area (Å²) in [5.41, 5.74) is 4.12. The number of hydrogen-bond donors (Lipinski definition) is 0. The van der Waals surface area contributed by atoms with E-state index in [1.54, 1.807) is 0 Å². The van der Waals surface area contributed by atoms with Gasteiger partial charge in [-0.05, 0) is 35.6 Å². The normalized spacial score (nSPS) is 16.8. The fraction of sp³-hybridized carbons (Fsp3) is 0.556. The summed E-state index contributed by atoms with van der Waals surface area (Å²) >= 11 is 3.57. The van der Waals surface area contributed by atoms with Crippen LogP contribution in [-0.4, -0.2) is 36.0 Å². The zero-order chi connectivity index (χ0) is 15.4. The van der Waals surface area contributed by atoms with Crippen LogP contribution in [0.1, 0.15) is 31.9 Å². The van der Waals surface area contributed by atoms with E-state index in [-0.39, 0.29) is 0 Å². The van der Waals surface area contributed by atoms with E-state index >= 15 is 0 Å². The Hall–Kier alpha value is -0.800. The van der Waals surface area contributed by atoms with Gasteiger partial charge in [-0.1, -0.05) is 49.3 Å². The third-order valence-electron chi connectivity index (χ3n) is 4.07. The lowest BCUT2D eigenvalue weighted by Gasteiger charge is -2.38. The van der Waals surface area contributed by atoms with Gasteiger partial charge in [0.2, 0.25) is 0 Å². The van der Waals surface area contributed by atoms with Crippen LogP contribution in [0.2, 0.25) is 0 Å². The molecule has 1 fully saturated rings. The van der Waals surface area contributed by atoms with E-state index < -0.39 is 0 Å². The summed E-state index contributed by atoms with van der Waals surface area (Å²) in [5.74, 6) is 0.725. The molecule has 116 valence electrons. The van der Waals surface area contributed by atoms with E-state index in [0.29, 0.717) is 0 Å². The number of benzene rings is 1. The van der Waals surface area contributed by atoms with Crippen LogP contribution in [0.4, 0.5) is 0 Å². The molecule has 2 nitrogen and oxygen atoms in total. The third-order valence-corrected chi connectivity index (χ3v) is 4.57. The predicted octanol–water partition coefficient (Wildman–Crippen LogP) is 4.30. The van der Waals surface area contributed by atoms with Gasteiger partial charge < -0.3 is 4.90 Å². The van der Waals surface area contributed by atoms with Gasteiger partial charge in [-0.15, -0.1) is 0 Å². The van der Waals surface area contributed by atoms with E-state index in [1.165, 1.54) is 27.8 Å². The fourth-order valence-electron chi connectivity index (χ4n) is 3.00. The van der Waals surface area contributed by atoms with Crippen molar-refractivity contribution < 1.29 is 0 Å². The second-order valence-corrected chi connectivity index (χ2v) is 7.30. The van der Waals surface area contributed by atoms with Gasteiger partial charge in [0, 0.05) is 42.9 Å². The van der Waals surface area contributed by atoms with E-state index in [9.17, 15) is 0 Å². The van der Waals surface area contributed by atoms with Crippen LogP contribution in [0, 0.1) is 5.92 Å². The molecule has 0 aromatic heterocycles. The Morgan fingerprint density at radius 2 is 2.00 bits per heavy atom. The van der Waals surface area contributed by atoms with Crippen LogP contribution in [0.5, 0.6) is 0 Å². The Balaban J connectivity index is 2.00. The second kappa shape index (κ2) is 7.46. The van der Waals surface area contributed by atoms with Gasteiger partial charge in [0.05, 0.1) is 0 Å². The highest BCUT2D eigenvalue weighted by atomic mass is 79.9. The van der Waals surface area contributed by atoms with Crippen molar-refractivity contribution in [3.05, 3.63) is 46.1 Å². The lowest BCUT2D eigenvalue weighted by molar-refractivity contribution is 0.159. The molecule has 0 radical (unpaired) electrons. The number of rotatable bonds is 5. The Labute approximate surface area is 138 Å². The SMILES string of the molecule is C=C1CN(CC(C)C)CCN1Cc1ccc(Br)cc1CC. The van der Waals surface area contributed by atoms with Gasteiger partial charge in [-0.25, -0.2) is 0 Å². The minimum atomic E-state index is 0.725. The standard InChI is InChI=1S/C18H27BrN2/c1-5-16-10-18(19)7-6-17(16)13-21-9-8-20(11-14(2)3)12-15(21)4/h6-7,10,14H,4-5,8-9,11-13H2,1-3H3. The summed E-state index contributed by atoms with van der Waals surface area (Å²) in [6, 6.07) is 6.63. The van der Waals surface area contributed by atoms with Crippen LogP contribution in [0.15, 0.2) is 34.9 Å². The Morgan fingerprint density at radius 1 is 1.24 bits per heavy atom. The Bertz CT molecular complexity index is 496. The molecular weight excluding hydrogens is 324 g/mol. The molecule has 0 unspecified atom stereocenters. The van der Waals surface area contributed by atoms with Crippen molar-refractivity contribution in [2.75, 3.05) is 26.2 Å². The largest absolute Gasteiger partial charge is 0.369 e. The zero-order valence-electron chi connectivity index (χ0n) is 13.5. The van der Waals surface area contributed by atoms with Crippen molar-refractivity contribution in [3.8, 4) is 0 Å². The lowest BCUT2D eigenvalue weighted by atomic mass is 10.0. The summed E-state index contributed by atoms with van der Waals surface area (Å²) in [5, 5.41) is 0. The third kappa shape index (κ3) is 4.58. The first kappa shape index (κ1) is 16.6. The summed E-state index contributed by atoms with van der Waals surface area (Å²) < 4.78 is 1.17. The molecule has 0 atom stereocenters. The highest BCUT2D eigenvalue weighted by Gasteiger charge is 2.20. The molecule has 1 aromatic carbocycles. The van der Waals surface area contributed by atoms with E-state index in [0.717, 1.165) is 38.5 Å². The molecule has 0 N–H and O–H groups in total. The van der Waals surface area contributed by atoms with Crippen molar-refractivity contribution in [2.45, 2.75) is 33.7 Å². The molecule has 1 heterocycles. The van der Waals surface area contributed by atoms with Crippen molar-refractivity contribution in [1.29, 1.82) is 0 Å². The van der Waals surface area contributed by atoms with Gasteiger partial charge in [0.15, 0.2) is 0 Å². The highest BCUT2D eigenvalue weighted by Crippen LogP contribution is 2.22. The molecule has 0 spiro atoms. The first-order valence-electron chi connectivity index (χ1n) is 7.92. The number of hydrogen-bond acceptors (Lipinski definition) is 2. The molecule has 1 aromatic rings. The molecule has 3 heteroatoms. The molecule has 1 saturated heterocycles. The van der Waals surface area contributed by atoms with Crippen LogP contribution in [0.3, 0.4) is 0 Å². The summed E-state index contributed by atoms with van der Waals surface area (Å²) in [6.07, 6.45) is 1.08. The maximum atomic E-state index is 4.30. The van der Waals surface area contributed by atoms with Crippen LogP contribution >= 0.6 is 15.9 Å².